The smallest absolute Gasteiger partial charge is 0.326 e. The highest BCUT2D eigenvalue weighted by atomic mass is 16.4. The first-order valence-electron chi connectivity index (χ1n) is 9.45. The second-order valence-electron chi connectivity index (χ2n) is 6.92. The van der Waals surface area contributed by atoms with Crippen LogP contribution in [0.4, 0.5) is 0 Å². The topological polar surface area (TPSA) is 228 Å². The van der Waals surface area contributed by atoms with E-state index in [2.05, 4.69) is 16.0 Å². The SMILES string of the molecule is CC(O)C(NC(=O)CN)C(=O)NC(Cc1ccc(O)cc1)C(=O)NC(CC(=O)O)C(=O)O. The zero-order chi connectivity index (χ0) is 24.4. The Morgan fingerprint density at radius 3 is 1.97 bits per heavy atom. The van der Waals surface area contributed by atoms with Crippen LogP contribution in [0.25, 0.3) is 0 Å². The normalized spacial score (nSPS) is 14.3. The number of aliphatic hydroxyl groups excluding tert-OH is 1. The third kappa shape index (κ3) is 8.57. The van der Waals surface area contributed by atoms with Crippen molar-refractivity contribution in [3.8, 4) is 5.75 Å². The molecule has 13 nitrogen and oxygen atoms in total. The molecule has 4 atom stereocenters. The summed E-state index contributed by atoms with van der Waals surface area (Å²) in [6.45, 7) is 0.771. The summed E-state index contributed by atoms with van der Waals surface area (Å²) in [5.74, 6) is -5.80. The number of benzene rings is 1. The van der Waals surface area contributed by atoms with Gasteiger partial charge in [-0.3, -0.25) is 19.2 Å². The lowest BCUT2D eigenvalue weighted by molar-refractivity contribution is -0.147. The number of aliphatic hydroxyl groups is 1. The predicted octanol–water partition coefficient (Wildman–Crippen LogP) is -2.71. The van der Waals surface area contributed by atoms with Gasteiger partial charge in [0, 0.05) is 6.42 Å². The molecule has 1 aromatic carbocycles. The quantitative estimate of drug-likeness (QED) is 0.163. The fourth-order valence-corrected chi connectivity index (χ4v) is 2.62. The van der Waals surface area contributed by atoms with Gasteiger partial charge >= 0.3 is 11.9 Å². The monoisotopic (exact) mass is 454 g/mol. The van der Waals surface area contributed by atoms with E-state index >= 15 is 0 Å². The van der Waals surface area contributed by atoms with Gasteiger partial charge in [-0.05, 0) is 24.6 Å². The van der Waals surface area contributed by atoms with Crippen molar-refractivity contribution in [2.45, 2.75) is 44.0 Å². The van der Waals surface area contributed by atoms with Gasteiger partial charge in [0.1, 0.15) is 23.9 Å². The van der Waals surface area contributed by atoms with Crippen LogP contribution >= 0.6 is 0 Å². The van der Waals surface area contributed by atoms with Crippen LogP contribution in [0.3, 0.4) is 0 Å². The molecular weight excluding hydrogens is 428 g/mol. The number of phenols is 1. The highest BCUT2D eigenvalue weighted by molar-refractivity contribution is 5.94. The molecule has 1 aromatic rings. The Labute approximate surface area is 182 Å². The minimum atomic E-state index is -1.76. The predicted molar refractivity (Wildman–Crippen MR) is 108 cm³/mol. The second-order valence-corrected chi connectivity index (χ2v) is 6.92. The lowest BCUT2D eigenvalue weighted by atomic mass is 10.0. The van der Waals surface area contributed by atoms with Crippen LogP contribution in [-0.4, -0.2) is 80.9 Å². The lowest BCUT2D eigenvalue weighted by Crippen LogP contribution is -2.59. The number of carboxylic acid groups (broad SMARTS) is 2. The number of phenolic OH excluding ortho intramolecular Hbond substituents is 1. The third-order valence-electron chi connectivity index (χ3n) is 4.27. The Morgan fingerprint density at radius 1 is 0.938 bits per heavy atom. The number of carbonyl (C=O) groups excluding carboxylic acids is 3. The summed E-state index contributed by atoms with van der Waals surface area (Å²) in [5.41, 5.74) is 5.66. The van der Waals surface area contributed by atoms with Gasteiger partial charge in [0.25, 0.3) is 0 Å². The summed E-state index contributed by atoms with van der Waals surface area (Å²) in [4.78, 5) is 59.1. The molecule has 0 bridgehead atoms. The summed E-state index contributed by atoms with van der Waals surface area (Å²) in [7, 11) is 0. The van der Waals surface area contributed by atoms with Gasteiger partial charge in [0.05, 0.1) is 19.1 Å². The molecule has 0 spiro atoms. The molecule has 4 unspecified atom stereocenters. The van der Waals surface area contributed by atoms with Gasteiger partial charge in [0.2, 0.25) is 17.7 Å². The number of nitrogens with one attached hydrogen (secondary N) is 3. The van der Waals surface area contributed by atoms with Crippen LogP contribution in [0.2, 0.25) is 0 Å². The maximum absolute atomic E-state index is 12.7. The van der Waals surface area contributed by atoms with E-state index in [1.54, 1.807) is 0 Å². The summed E-state index contributed by atoms with van der Waals surface area (Å²) in [6.07, 6.45) is -2.43. The maximum Gasteiger partial charge on any atom is 0.326 e. The van der Waals surface area contributed by atoms with Crippen molar-refractivity contribution in [1.82, 2.24) is 16.0 Å². The number of carbonyl (C=O) groups is 5. The lowest BCUT2D eigenvalue weighted by Gasteiger charge is -2.25. The molecule has 13 heteroatoms. The fraction of sp³-hybridized carbons (Fsp3) is 0.421. The van der Waals surface area contributed by atoms with Crippen LogP contribution in [-0.2, 0) is 30.4 Å². The van der Waals surface area contributed by atoms with Crippen LogP contribution in [0.15, 0.2) is 24.3 Å². The van der Waals surface area contributed by atoms with E-state index in [4.69, 9.17) is 15.9 Å². The zero-order valence-electron chi connectivity index (χ0n) is 17.1. The number of hydrogen-bond acceptors (Lipinski definition) is 8. The van der Waals surface area contributed by atoms with Gasteiger partial charge in [0.15, 0.2) is 0 Å². The molecule has 0 aromatic heterocycles. The molecule has 0 saturated carbocycles. The molecule has 0 saturated heterocycles. The van der Waals surface area contributed by atoms with Crippen molar-refractivity contribution in [3.05, 3.63) is 29.8 Å². The molecule has 32 heavy (non-hydrogen) atoms. The second kappa shape index (κ2) is 12.2. The van der Waals surface area contributed by atoms with E-state index in [0.29, 0.717) is 5.56 Å². The number of hydrogen-bond donors (Lipinski definition) is 8. The number of aromatic hydroxyl groups is 1. The van der Waals surface area contributed by atoms with E-state index in [1.807, 2.05) is 0 Å². The van der Waals surface area contributed by atoms with Crippen molar-refractivity contribution < 1.29 is 44.4 Å². The Hall–Kier alpha value is -3.71. The van der Waals surface area contributed by atoms with Gasteiger partial charge in [-0.2, -0.15) is 0 Å². The Bertz CT molecular complexity index is 842. The summed E-state index contributed by atoms with van der Waals surface area (Å²) in [5, 5.41) is 43.8. The Balaban J connectivity index is 3.12. The first kappa shape index (κ1) is 26.3. The first-order valence-corrected chi connectivity index (χ1v) is 9.45. The van der Waals surface area contributed by atoms with Gasteiger partial charge in [-0.25, -0.2) is 4.79 Å². The van der Waals surface area contributed by atoms with Crippen LogP contribution in [0, 0.1) is 0 Å². The maximum atomic E-state index is 12.7. The van der Waals surface area contributed by atoms with E-state index in [-0.39, 0.29) is 12.2 Å². The number of nitrogens with two attached hydrogens (primary N) is 1. The average Bonchev–Trinajstić information content (AvgIpc) is 2.71. The van der Waals surface area contributed by atoms with Crippen molar-refractivity contribution in [2.24, 2.45) is 5.73 Å². The molecule has 0 aliphatic rings. The highest BCUT2D eigenvalue weighted by Gasteiger charge is 2.32. The van der Waals surface area contributed by atoms with Crippen molar-refractivity contribution in [3.63, 3.8) is 0 Å². The molecule has 0 heterocycles. The summed E-state index contributed by atoms with van der Waals surface area (Å²) < 4.78 is 0. The van der Waals surface area contributed by atoms with E-state index in [0.717, 1.165) is 0 Å². The molecule has 0 aliphatic carbocycles. The highest BCUT2D eigenvalue weighted by Crippen LogP contribution is 2.12. The summed E-state index contributed by atoms with van der Waals surface area (Å²) >= 11 is 0. The van der Waals surface area contributed by atoms with Crippen molar-refractivity contribution in [2.75, 3.05) is 6.54 Å². The van der Waals surface area contributed by atoms with Crippen LogP contribution in [0.1, 0.15) is 18.9 Å². The minimum absolute atomic E-state index is 0.0511. The molecule has 1 rings (SSSR count). The van der Waals surface area contributed by atoms with Crippen LogP contribution in [0.5, 0.6) is 5.75 Å². The molecule has 9 N–H and O–H groups in total. The van der Waals surface area contributed by atoms with Crippen LogP contribution < -0.4 is 21.7 Å². The van der Waals surface area contributed by atoms with Crippen molar-refractivity contribution in [1.29, 1.82) is 0 Å². The molecule has 3 amide bonds. The molecule has 0 radical (unpaired) electrons. The zero-order valence-corrected chi connectivity index (χ0v) is 17.1. The molecule has 176 valence electrons. The van der Waals surface area contributed by atoms with Gasteiger partial charge in [-0.1, -0.05) is 12.1 Å². The van der Waals surface area contributed by atoms with E-state index < -0.39 is 66.9 Å². The third-order valence-corrected chi connectivity index (χ3v) is 4.27. The standard InChI is InChI=1S/C19H26N4O9/c1-9(24)16(23-14(26)8-20)18(30)21-12(6-10-2-4-11(25)5-3-10)17(29)22-13(19(31)32)7-15(27)28/h2-5,9,12-13,16,24-25H,6-8,20H2,1H3,(H,21,30)(H,22,29)(H,23,26)(H,27,28)(H,31,32). The molecular formula is C19H26N4O9. The van der Waals surface area contributed by atoms with Gasteiger partial charge < -0.3 is 42.1 Å². The molecule has 0 aliphatic heterocycles. The number of aliphatic carboxylic acids is 2. The number of rotatable bonds is 12. The first-order chi connectivity index (χ1) is 14.9. The summed E-state index contributed by atoms with van der Waals surface area (Å²) in [6, 6.07) is 0.942. The average molecular weight is 454 g/mol. The fourth-order valence-electron chi connectivity index (χ4n) is 2.62. The Morgan fingerprint density at radius 2 is 1.50 bits per heavy atom. The molecule has 0 fully saturated rings. The Kier molecular flexibility index (Phi) is 10.1. The number of carboxylic acids is 2. The van der Waals surface area contributed by atoms with E-state index in [9.17, 15) is 34.2 Å². The minimum Gasteiger partial charge on any atom is -0.508 e. The largest absolute Gasteiger partial charge is 0.508 e. The van der Waals surface area contributed by atoms with Gasteiger partial charge in [-0.15, -0.1) is 0 Å². The number of amides is 3. The van der Waals surface area contributed by atoms with E-state index in [1.165, 1.54) is 31.2 Å². The van der Waals surface area contributed by atoms with Crippen molar-refractivity contribution >= 4 is 29.7 Å².